The summed E-state index contributed by atoms with van der Waals surface area (Å²) >= 11 is 0. The van der Waals surface area contributed by atoms with Crippen LogP contribution in [0.3, 0.4) is 0 Å². The highest BCUT2D eigenvalue weighted by atomic mass is 31.1. The van der Waals surface area contributed by atoms with Gasteiger partial charge in [0.15, 0.2) is 5.78 Å². The lowest BCUT2D eigenvalue weighted by molar-refractivity contribution is 0.0988. The molecule has 1 unspecified atom stereocenters. The smallest absolute Gasteiger partial charge is 0.219 e. The van der Waals surface area contributed by atoms with E-state index in [0.717, 1.165) is 27.8 Å². The number of hydrogen-bond acceptors (Lipinski definition) is 3. The summed E-state index contributed by atoms with van der Waals surface area (Å²) in [7, 11) is -2.58. The van der Waals surface area contributed by atoms with Crippen molar-refractivity contribution in [2.45, 2.75) is 86.5 Å². The van der Waals surface area contributed by atoms with Crippen molar-refractivity contribution in [3.8, 4) is 0 Å². The fraction of sp³-hybridized carbons (Fsp3) is 0.500. The Morgan fingerprint density at radius 2 is 1.03 bits per heavy atom. The number of aryl methyl sites for hydroxylation is 4. The predicted molar refractivity (Wildman–Crippen MR) is 136 cm³/mol. The first-order valence-corrected chi connectivity index (χ1v) is 13.0. The monoisotopic (exact) mass is 454 g/mol. The molecule has 174 valence electrons. The molecule has 1 atom stereocenters. The van der Waals surface area contributed by atoms with Gasteiger partial charge in [-0.05, 0) is 71.9 Å². The molecule has 0 aliphatic carbocycles. The lowest BCUT2D eigenvalue weighted by Gasteiger charge is -2.22. The standard InChI is InChI=1S/C28H39O3P/c1-17-13-21(27(5,6)7)14-18(2)24(17)23(29)11-12-32(31)26(30)25-19(3)15-22(16-20(25)4)28(8,9)10/h13-16,32H,11-12H2,1-10H3. The van der Waals surface area contributed by atoms with Crippen molar-refractivity contribution >= 4 is 19.1 Å². The van der Waals surface area contributed by atoms with Crippen molar-refractivity contribution in [3.05, 3.63) is 68.8 Å². The summed E-state index contributed by atoms with van der Waals surface area (Å²) in [6.45, 7) is 20.6. The predicted octanol–water partition coefficient (Wildman–Crippen LogP) is 7.49. The van der Waals surface area contributed by atoms with Gasteiger partial charge in [0.1, 0.15) is 7.80 Å². The van der Waals surface area contributed by atoms with Gasteiger partial charge in [-0.1, -0.05) is 65.8 Å². The van der Waals surface area contributed by atoms with Crippen LogP contribution in [0.15, 0.2) is 24.3 Å². The molecule has 0 N–H and O–H groups in total. The van der Waals surface area contributed by atoms with Gasteiger partial charge in [-0.3, -0.25) is 9.59 Å². The zero-order valence-electron chi connectivity index (χ0n) is 21.4. The largest absolute Gasteiger partial charge is 0.318 e. The molecule has 0 amide bonds. The Bertz CT molecular complexity index is 1030. The van der Waals surface area contributed by atoms with Crippen LogP contribution in [-0.2, 0) is 15.4 Å². The number of carbonyl (C=O) groups is 2. The van der Waals surface area contributed by atoms with Crippen molar-refractivity contribution in [2.24, 2.45) is 0 Å². The normalized spacial score (nSPS) is 13.2. The van der Waals surface area contributed by atoms with Gasteiger partial charge in [0.25, 0.3) is 0 Å². The molecule has 0 aliphatic heterocycles. The van der Waals surface area contributed by atoms with E-state index < -0.39 is 7.80 Å². The minimum atomic E-state index is -2.58. The van der Waals surface area contributed by atoms with Gasteiger partial charge in [0.05, 0.1) is 0 Å². The first-order chi connectivity index (χ1) is 14.5. The SMILES string of the molecule is Cc1cc(C(C)(C)C)cc(C)c1C(=O)CC[PH](=O)C(=O)c1c(C)cc(C(C)(C)C)cc1C. The minimum absolute atomic E-state index is 0.00690. The summed E-state index contributed by atoms with van der Waals surface area (Å²) in [5.41, 5.74) is 6.86. The summed E-state index contributed by atoms with van der Waals surface area (Å²) in [6, 6.07) is 8.17. The molecule has 2 rings (SSSR count). The number of benzene rings is 2. The van der Waals surface area contributed by atoms with Gasteiger partial charge < -0.3 is 4.57 Å². The van der Waals surface area contributed by atoms with Crippen LogP contribution >= 0.6 is 7.80 Å². The van der Waals surface area contributed by atoms with Gasteiger partial charge in [-0.25, -0.2) is 0 Å². The number of hydrogen-bond donors (Lipinski definition) is 0. The second-order valence-electron chi connectivity index (χ2n) is 11.1. The van der Waals surface area contributed by atoms with Crippen LogP contribution in [0, 0.1) is 27.7 Å². The lowest BCUT2D eigenvalue weighted by Crippen LogP contribution is -2.15. The van der Waals surface area contributed by atoms with E-state index >= 15 is 0 Å². The summed E-state index contributed by atoms with van der Waals surface area (Å²) in [6.07, 6.45) is 0.236. The Morgan fingerprint density at radius 1 is 0.688 bits per heavy atom. The lowest BCUT2D eigenvalue weighted by atomic mass is 9.83. The van der Waals surface area contributed by atoms with Crippen molar-refractivity contribution in [2.75, 3.05) is 6.16 Å². The Hall–Kier alpha value is -1.99. The van der Waals surface area contributed by atoms with Crippen LogP contribution in [-0.4, -0.2) is 17.5 Å². The molecule has 32 heavy (non-hydrogen) atoms. The van der Waals surface area contributed by atoms with Crippen molar-refractivity contribution in [1.82, 2.24) is 0 Å². The maximum atomic E-state index is 13.0. The molecule has 0 aromatic heterocycles. The van der Waals surface area contributed by atoms with Crippen LogP contribution in [0.25, 0.3) is 0 Å². The molecule has 0 heterocycles. The molecule has 0 fully saturated rings. The van der Waals surface area contributed by atoms with Crippen LogP contribution in [0.1, 0.15) is 102 Å². The molecule has 3 nitrogen and oxygen atoms in total. The minimum Gasteiger partial charge on any atom is -0.318 e. The molecule has 0 spiro atoms. The fourth-order valence-electron chi connectivity index (χ4n) is 4.20. The van der Waals surface area contributed by atoms with Crippen molar-refractivity contribution in [3.63, 3.8) is 0 Å². The van der Waals surface area contributed by atoms with E-state index in [0.29, 0.717) is 11.1 Å². The molecule has 4 heteroatoms. The maximum absolute atomic E-state index is 13.0. The Labute approximate surface area is 194 Å². The first kappa shape index (κ1) is 26.3. The molecule has 2 aromatic carbocycles. The maximum Gasteiger partial charge on any atom is 0.219 e. The zero-order valence-corrected chi connectivity index (χ0v) is 22.4. The third-order valence-corrected chi connectivity index (χ3v) is 7.60. The molecular weight excluding hydrogens is 415 g/mol. The third kappa shape index (κ3) is 5.87. The second kappa shape index (κ2) is 9.48. The third-order valence-electron chi connectivity index (χ3n) is 6.14. The molecule has 0 aliphatic rings. The van der Waals surface area contributed by atoms with Gasteiger partial charge in [0, 0.05) is 23.7 Å². The molecule has 2 aromatic rings. The van der Waals surface area contributed by atoms with Crippen LogP contribution < -0.4 is 0 Å². The van der Waals surface area contributed by atoms with Crippen LogP contribution in [0.5, 0.6) is 0 Å². The van der Waals surface area contributed by atoms with Crippen molar-refractivity contribution < 1.29 is 14.2 Å². The van der Waals surface area contributed by atoms with Gasteiger partial charge in [0.2, 0.25) is 5.52 Å². The Morgan fingerprint density at radius 3 is 1.38 bits per heavy atom. The number of rotatable bonds is 6. The van der Waals surface area contributed by atoms with E-state index in [2.05, 4.69) is 53.7 Å². The van der Waals surface area contributed by atoms with Gasteiger partial charge in [-0.15, -0.1) is 0 Å². The highest BCUT2D eigenvalue weighted by Gasteiger charge is 2.24. The topological polar surface area (TPSA) is 51.2 Å². The second-order valence-corrected chi connectivity index (χ2v) is 12.9. The molecule has 0 bridgehead atoms. The average molecular weight is 455 g/mol. The number of Topliss-reactive ketones (excluding diaryl/α,β-unsaturated/α-hetero) is 1. The van der Waals surface area contributed by atoms with E-state index in [4.69, 9.17) is 0 Å². The van der Waals surface area contributed by atoms with E-state index in [-0.39, 0.29) is 34.7 Å². The molecule has 0 radical (unpaired) electrons. The van der Waals surface area contributed by atoms with E-state index in [1.54, 1.807) is 0 Å². The summed E-state index contributed by atoms with van der Waals surface area (Å²) < 4.78 is 12.9. The fourth-order valence-corrected chi connectivity index (χ4v) is 5.55. The quantitative estimate of drug-likeness (QED) is 0.336. The number of ketones is 1. The van der Waals surface area contributed by atoms with Gasteiger partial charge >= 0.3 is 0 Å². The first-order valence-electron chi connectivity index (χ1n) is 11.4. The molecular formula is C28H39O3P. The summed E-state index contributed by atoms with van der Waals surface area (Å²) in [4.78, 5) is 26.0. The molecule has 0 saturated carbocycles. The van der Waals surface area contributed by atoms with Crippen LogP contribution in [0.4, 0.5) is 0 Å². The van der Waals surface area contributed by atoms with Gasteiger partial charge in [-0.2, -0.15) is 0 Å². The highest BCUT2D eigenvalue weighted by Crippen LogP contribution is 2.35. The summed E-state index contributed by atoms with van der Waals surface area (Å²) in [5, 5.41) is 0. The molecule has 0 saturated heterocycles. The number of carbonyl (C=O) groups excluding carboxylic acids is 2. The van der Waals surface area contributed by atoms with Crippen LogP contribution in [0.2, 0.25) is 0 Å². The summed E-state index contributed by atoms with van der Waals surface area (Å²) in [5.74, 6) is -0.0388. The van der Waals surface area contributed by atoms with Crippen molar-refractivity contribution in [1.29, 1.82) is 0 Å². The van der Waals surface area contributed by atoms with E-state index in [1.165, 1.54) is 5.56 Å². The van der Waals surface area contributed by atoms with E-state index in [1.807, 2.05) is 39.8 Å². The van der Waals surface area contributed by atoms with E-state index in [9.17, 15) is 14.2 Å². The Balaban J connectivity index is 2.20. The Kier molecular flexibility index (Phi) is 7.78. The average Bonchev–Trinajstić information content (AvgIpc) is 2.63. The zero-order chi connectivity index (χ0) is 24.6. The highest BCUT2D eigenvalue weighted by molar-refractivity contribution is 7.64.